The number of hydrogen-bond acceptors (Lipinski definition) is 3. The van der Waals surface area contributed by atoms with E-state index in [0.717, 1.165) is 32.2 Å². The normalized spacial score (nSPS) is 10.4. The number of aryl methyl sites for hydroxylation is 1. The first-order chi connectivity index (χ1) is 6.84. The third kappa shape index (κ3) is 3.70. The molecule has 78 valence electrons. The van der Waals surface area contributed by atoms with Gasteiger partial charge in [-0.25, -0.2) is 9.78 Å². The van der Waals surface area contributed by atoms with Gasteiger partial charge in [-0.05, 0) is 18.9 Å². The van der Waals surface area contributed by atoms with Crippen molar-refractivity contribution in [1.29, 1.82) is 0 Å². The van der Waals surface area contributed by atoms with Crippen LogP contribution in [0.25, 0.3) is 0 Å². The molecule has 0 radical (unpaired) electrons. The number of unbranched alkanes of at least 4 members (excludes halogenated alkanes) is 3. The zero-order valence-corrected chi connectivity index (χ0v) is 8.22. The molecule has 1 aromatic rings. The van der Waals surface area contributed by atoms with Gasteiger partial charge in [-0.2, -0.15) is 0 Å². The van der Waals surface area contributed by atoms with E-state index in [4.69, 9.17) is 5.11 Å². The number of nitrogens with zero attached hydrogens (tertiary/aromatic N) is 2. The van der Waals surface area contributed by atoms with Gasteiger partial charge in [0.2, 0.25) is 0 Å². The van der Waals surface area contributed by atoms with Gasteiger partial charge < -0.3 is 5.11 Å². The largest absolute Gasteiger partial charge is 0.396 e. The van der Waals surface area contributed by atoms with Crippen LogP contribution in [0, 0.1) is 0 Å². The number of rotatable bonds is 6. The van der Waals surface area contributed by atoms with Crippen LogP contribution in [0.15, 0.2) is 23.3 Å². The molecule has 0 unspecified atom stereocenters. The van der Waals surface area contributed by atoms with Crippen LogP contribution >= 0.6 is 0 Å². The predicted octanol–water partition coefficient (Wildman–Crippen LogP) is 0.796. The molecule has 0 atom stereocenters. The lowest BCUT2D eigenvalue weighted by molar-refractivity contribution is 0.282. The summed E-state index contributed by atoms with van der Waals surface area (Å²) in [6.45, 7) is 0.977. The number of aromatic nitrogens is 2. The minimum absolute atomic E-state index is 0.186. The Bertz CT molecular complexity index is 309. The molecule has 1 aromatic heterocycles. The van der Waals surface area contributed by atoms with E-state index in [9.17, 15) is 4.79 Å². The van der Waals surface area contributed by atoms with Gasteiger partial charge in [-0.15, -0.1) is 0 Å². The maximum atomic E-state index is 11.2. The van der Waals surface area contributed by atoms with Crippen molar-refractivity contribution in [3.8, 4) is 0 Å². The van der Waals surface area contributed by atoms with Gasteiger partial charge in [0.25, 0.3) is 0 Å². The number of aliphatic hydroxyl groups is 1. The first-order valence-corrected chi connectivity index (χ1v) is 4.97. The van der Waals surface area contributed by atoms with Gasteiger partial charge in [0, 0.05) is 25.5 Å². The molecule has 0 saturated heterocycles. The molecule has 0 fully saturated rings. The van der Waals surface area contributed by atoms with Crippen molar-refractivity contribution in [2.24, 2.45) is 0 Å². The minimum atomic E-state index is -0.186. The lowest BCUT2D eigenvalue weighted by Crippen LogP contribution is -2.21. The summed E-state index contributed by atoms with van der Waals surface area (Å²) in [5, 5.41) is 8.56. The van der Waals surface area contributed by atoms with E-state index >= 15 is 0 Å². The zero-order valence-electron chi connectivity index (χ0n) is 8.22. The molecule has 0 aliphatic carbocycles. The molecular weight excluding hydrogens is 180 g/mol. The molecule has 0 aromatic carbocycles. The van der Waals surface area contributed by atoms with Crippen molar-refractivity contribution in [2.75, 3.05) is 6.61 Å². The summed E-state index contributed by atoms with van der Waals surface area (Å²) in [7, 11) is 0. The molecule has 1 N–H and O–H groups in total. The molecule has 4 nitrogen and oxygen atoms in total. The van der Waals surface area contributed by atoms with E-state index < -0.39 is 0 Å². The molecule has 0 amide bonds. The second-order valence-corrected chi connectivity index (χ2v) is 3.23. The van der Waals surface area contributed by atoms with Crippen molar-refractivity contribution >= 4 is 0 Å². The summed E-state index contributed by atoms with van der Waals surface area (Å²) >= 11 is 0. The van der Waals surface area contributed by atoms with E-state index in [1.54, 1.807) is 16.8 Å². The van der Waals surface area contributed by atoms with Gasteiger partial charge in [0.1, 0.15) is 0 Å². The van der Waals surface area contributed by atoms with Crippen LogP contribution in [0.1, 0.15) is 25.7 Å². The van der Waals surface area contributed by atoms with E-state index in [1.165, 1.54) is 6.20 Å². The molecule has 0 aliphatic rings. The van der Waals surface area contributed by atoms with E-state index in [2.05, 4.69) is 4.98 Å². The van der Waals surface area contributed by atoms with Crippen LogP contribution < -0.4 is 5.69 Å². The first-order valence-electron chi connectivity index (χ1n) is 4.97. The van der Waals surface area contributed by atoms with Gasteiger partial charge in [0.05, 0.1) is 0 Å². The standard InChI is InChI=1S/C10H16N2O2/c13-9-4-2-1-3-7-12-8-5-6-11-10(12)14/h5-6,8,13H,1-4,7,9H2. The molecule has 0 spiro atoms. The van der Waals surface area contributed by atoms with Crippen LogP contribution in [-0.2, 0) is 6.54 Å². The molecule has 1 rings (SSSR count). The van der Waals surface area contributed by atoms with Crippen molar-refractivity contribution in [3.63, 3.8) is 0 Å². The van der Waals surface area contributed by atoms with Crippen molar-refractivity contribution in [1.82, 2.24) is 9.55 Å². The molecule has 14 heavy (non-hydrogen) atoms. The first kappa shape index (κ1) is 10.9. The molecular formula is C10H16N2O2. The lowest BCUT2D eigenvalue weighted by atomic mass is 10.2. The van der Waals surface area contributed by atoms with E-state index in [1.807, 2.05) is 0 Å². The third-order valence-corrected chi connectivity index (χ3v) is 2.09. The van der Waals surface area contributed by atoms with Crippen molar-refractivity contribution < 1.29 is 5.11 Å². The quantitative estimate of drug-likeness (QED) is 0.684. The molecule has 0 bridgehead atoms. The summed E-state index contributed by atoms with van der Waals surface area (Å²) in [5.74, 6) is 0. The second kappa shape index (κ2) is 6.32. The summed E-state index contributed by atoms with van der Waals surface area (Å²) < 4.78 is 1.61. The summed E-state index contributed by atoms with van der Waals surface area (Å²) in [4.78, 5) is 14.8. The van der Waals surface area contributed by atoms with Crippen molar-refractivity contribution in [2.45, 2.75) is 32.2 Å². The molecule has 1 heterocycles. The van der Waals surface area contributed by atoms with Crippen LogP contribution in [0.3, 0.4) is 0 Å². The smallest absolute Gasteiger partial charge is 0.347 e. The Hall–Kier alpha value is -1.16. The molecule has 4 heteroatoms. The van der Waals surface area contributed by atoms with Gasteiger partial charge >= 0.3 is 5.69 Å². The zero-order chi connectivity index (χ0) is 10.2. The van der Waals surface area contributed by atoms with Gasteiger partial charge in [-0.3, -0.25) is 4.57 Å². The van der Waals surface area contributed by atoms with Crippen LogP contribution in [0.4, 0.5) is 0 Å². The highest BCUT2D eigenvalue weighted by Gasteiger charge is 1.94. The van der Waals surface area contributed by atoms with E-state index in [0.29, 0.717) is 0 Å². The Morgan fingerprint density at radius 2 is 2.07 bits per heavy atom. The highest BCUT2D eigenvalue weighted by atomic mass is 16.2. The summed E-state index contributed by atoms with van der Waals surface area (Å²) in [6.07, 6.45) is 7.13. The lowest BCUT2D eigenvalue weighted by Gasteiger charge is -2.03. The number of aliphatic hydroxyl groups excluding tert-OH is 1. The Morgan fingerprint density at radius 1 is 1.29 bits per heavy atom. The summed E-state index contributed by atoms with van der Waals surface area (Å²) in [6, 6.07) is 1.76. The third-order valence-electron chi connectivity index (χ3n) is 2.09. The van der Waals surface area contributed by atoms with Gasteiger partial charge in [-0.1, -0.05) is 12.8 Å². The Kier molecular flexibility index (Phi) is 4.93. The summed E-state index contributed by atoms with van der Waals surface area (Å²) in [5.41, 5.74) is -0.186. The average Bonchev–Trinajstić information content (AvgIpc) is 2.20. The SMILES string of the molecule is O=c1ncccn1CCCCCCO. The fraction of sp³-hybridized carbons (Fsp3) is 0.600. The van der Waals surface area contributed by atoms with Crippen LogP contribution in [-0.4, -0.2) is 21.3 Å². The Balaban J connectivity index is 2.25. The minimum Gasteiger partial charge on any atom is -0.396 e. The fourth-order valence-corrected chi connectivity index (χ4v) is 1.30. The maximum Gasteiger partial charge on any atom is 0.347 e. The van der Waals surface area contributed by atoms with Crippen molar-refractivity contribution in [3.05, 3.63) is 28.9 Å². The predicted molar refractivity (Wildman–Crippen MR) is 54.1 cm³/mol. The topological polar surface area (TPSA) is 55.1 Å². The van der Waals surface area contributed by atoms with E-state index in [-0.39, 0.29) is 12.3 Å². The molecule has 0 saturated carbocycles. The van der Waals surface area contributed by atoms with Crippen LogP contribution in [0.2, 0.25) is 0 Å². The maximum absolute atomic E-state index is 11.2. The highest BCUT2D eigenvalue weighted by molar-refractivity contribution is 4.80. The van der Waals surface area contributed by atoms with Crippen LogP contribution in [0.5, 0.6) is 0 Å². The Morgan fingerprint density at radius 3 is 2.79 bits per heavy atom. The molecule has 0 aliphatic heterocycles. The monoisotopic (exact) mass is 196 g/mol. The average molecular weight is 196 g/mol. The Labute approximate surface area is 83.2 Å². The highest BCUT2D eigenvalue weighted by Crippen LogP contribution is 2.00. The fourth-order valence-electron chi connectivity index (χ4n) is 1.30. The van der Waals surface area contributed by atoms with Gasteiger partial charge in [0.15, 0.2) is 0 Å². The number of hydrogen-bond donors (Lipinski definition) is 1. The second-order valence-electron chi connectivity index (χ2n) is 3.23.